The molecule has 0 fully saturated rings. The number of rotatable bonds is 46. The smallest absolute Gasteiger partial charge is 0.462 e. The molecule has 0 rings (SSSR count). The lowest BCUT2D eigenvalue weighted by Gasteiger charge is -2.20. The second-order valence-electron chi connectivity index (χ2n) is 16.5. The van der Waals surface area contributed by atoms with Crippen molar-refractivity contribution in [2.75, 3.05) is 26.4 Å². The molecule has 11 heteroatoms. The van der Waals surface area contributed by atoms with Gasteiger partial charge in [0.25, 0.3) is 0 Å². The maximum atomic E-state index is 12.6. The molecule has 0 heterocycles. The van der Waals surface area contributed by atoms with Crippen LogP contribution in [-0.4, -0.2) is 65.7 Å². The summed E-state index contributed by atoms with van der Waals surface area (Å²) in [6.07, 6.45) is 53.8. The van der Waals surface area contributed by atoms with Crippen molar-refractivity contribution in [1.29, 1.82) is 0 Å². The van der Waals surface area contributed by atoms with Gasteiger partial charge in [-0.25, -0.2) is 4.57 Å². The van der Waals surface area contributed by atoms with E-state index in [9.17, 15) is 24.2 Å². The van der Waals surface area contributed by atoms with Crippen molar-refractivity contribution in [3.8, 4) is 0 Å². The molecule has 0 aromatic carbocycles. The Labute approximate surface area is 378 Å². The van der Waals surface area contributed by atoms with Crippen molar-refractivity contribution in [1.82, 2.24) is 0 Å². The largest absolute Gasteiger partial charge is 0.472 e. The first-order chi connectivity index (χ1) is 30.2. The van der Waals surface area contributed by atoms with E-state index in [1.807, 2.05) is 18.2 Å². The van der Waals surface area contributed by atoms with Gasteiger partial charge in [0.2, 0.25) is 0 Å². The highest BCUT2D eigenvalue weighted by Crippen LogP contribution is 2.43. The first-order valence-corrected chi connectivity index (χ1v) is 26.2. The van der Waals surface area contributed by atoms with E-state index < -0.39 is 51.8 Å². The van der Waals surface area contributed by atoms with Crippen LogP contribution in [0.5, 0.6) is 0 Å². The standard InChI is InChI=1S/C51H91O10P/c1-3-5-7-9-11-13-15-17-19-20-21-22-23-24-25-26-27-29-30-32-34-36-38-40-42-50(54)58-46-49(47-60-62(56,57)59-45-48(53)44-52)61-51(55)43-41-39-37-35-33-31-28-18-16-14-12-10-8-6-4-2/h6,8,12,14,18,28,33,35,39,41,48-49,52-53H,3-5,7,9-11,13,15-17,19-27,29-32,34,36-38,40,42-47H2,1-2H3,(H,56,57)/b8-6-,14-12-,28-18-,35-33-,41-39-. The number of ether oxygens (including phenoxy) is 2. The molecule has 0 aromatic heterocycles. The summed E-state index contributed by atoms with van der Waals surface area (Å²) in [5.41, 5.74) is 0. The summed E-state index contributed by atoms with van der Waals surface area (Å²) in [5, 5.41) is 18.4. The number of esters is 2. The van der Waals surface area contributed by atoms with Gasteiger partial charge in [0.15, 0.2) is 6.10 Å². The van der Waals surface area contributed by atoms with E-state index in [1.54, 1.807) is 6.08 Å². The van der Waals surface area contributed by atoms with Crippen molar-refractivity contribution in [2.24, 2.45) is 0 Å². The predicted octanol–water partition coefficient (Wildman–Crippen LogP) is 13.8. The van der Waals surface area contributed by atoms with Gasteiger partial charge in [-0.05, 0) is 38.5 Å². The van der Waals surface area contributed by atoms with E-state index in [2.05, 4.69) is 54.8 Å². The number of phosphoric acid groups is 1. The van der Waals surface area contributed by atoms with Crippen molar-refractivity contribution in [2.45, 2.75) is 225 Å². The van der Waals surface area contributed by atoms with E-state index in [0.29, 0.717) is 12.8 Å². The Morgan fingerprint density at radius 3 is 1.27 bits per heavy atom. The fourth-order valence-corrected chi connectivity index (χ4v) is 7.51. The Hall–Kier alpha value is -2.33. The van der Waals surface area contributed by atoms with Crippen LogP contribution in [0.25, 0.3) is 0 Å². The average molecular weight is 895 g/mol. The molecule has 3 atom stereocenters. The summed E-state index contributed by atoms with van der Waals surface area (Å²) in [5.74, 6) is -1.07. The Morgan fingerprint density at radius 1 is 0.500 bits per heavy atom. The van der Waals surface area contributed by atoms with Crippen LogP contribution in [0.3, 0.4) is 0 Å². The number of unbranched alkanes of at least 4 members (excludes halogenated alkanes) is 23. The number of hydrogen-bond donors (Lipinski definition) is 3. The Kier molecular flexibility index (Phi) is 44.9. The maximum Gasteiger partial charge on any atom is 0.472 e. The Morgan fingerprint density at radius 2 is 0.871 bits per heavy atom. The number of carbonyl (C=O) groups excluding carboxylic acids is 2. The number of hydrogen-bond acceptors (Lipinski definition) is 9. The van der Waals surface area contributed by atoms with E-state index in [0.717, 1.165) is 44.9 Å². The molecule has 0 radical (unpaired) electrons. The molecule has 0 amide bonds. The molecule has 0 aliphatic heterocycles. The van der Waals surface area contributed by atoms with Crippen LogP contribution in [-0.2, 0) is 32.7 Å². The zero-order valence-corrected chi connectivity index (χ0v) is 40.2. The van der Waals surface area contributed by atoms with Crippen molar-refractivity contribution < 1.29 is 47.8 Å². The molecule has 62 heavy (non-hydrogen) atoms. The van der Waals surface area contributed by atoms with Crippen LogP contribution in [0.4, 0.5) is 0 Å². The third kappa shape index (κ3) is 45.7. The molecule has 3 N–H and O–H groups in total. The highest BCUT2D eigenvalue weighted by Gasteiger charge is 2.27. The van der Waals surface area contributed by atoms with Crippen molar-refractivity contribution in [3.63, 3.8) is 0 Å². The zero-order chi connectivity index (χ0) is 45.5. The number of aliphatic hydroxyl groups excluding tert-OH is 2. The summed E-state index contributed by atoms with van der Waals surface area (Å²) in [6.45, 7) is 2.18. The minimum Gasteiger partial charge on any atom is -0.462 e. The predicted molar refractivity (Wildman–Crippen MR) is 256 cm³/mol. The molecule has 0 bridgehead atoms. The summed E-state index contributed by atoms with van der Waals surface area (Å²) >= 11 is 0. The number of aliphatic hydroxyl groups is 2. The van der Waals surface area contributed by atoms with E-state index >= 15 is 0 Å². The van der Waals surface area contributed by atoms with Crippen LogP contribution < -0.4 is 0 Å². The molecule has 0 aliphatic carbocycles. The van der Waals surface area contributed by atoms with Crippen molar-refractivity contribution in [3.05, 3.63) is 60.8 Å². The molecule has 0 aliphatic rings. The van der Waals surface area contributed by atoms with Gasteiger partial charge in [0, 0.05) is 6.42 Å². The molecule has 3 unspecified atom stereocenters. The molecule has 0 aromatic rings. The second kappa shape index (κ2) is 46.7. The Bertz CT molecular complexity index is 1210. The lowest BCUT2D eigenvalue weighted by molar-refractivity contribution is -0.160. The van der Waals surface area contributed by atoms with E-state index in [-0.39, 0.29) is 19.4 Å². The van der Waals surface area contributed by atoms with Crippen molar-refractivity contribution >= 4 is 19.8 Å². The molecular weight excluding hydrogens is 804 g/mol. The van der Waals surface area contributed by atoms with E-state index in [1.165, 1.54) is 128 Å². The Balaban J connectivity index is 4.20. The first-order valence-electron chi connectivity index (χ1n) is 24.7. The summed E-state index contributed by atoms with van der Waals surface area (Å²) < 4.78 is 32.7. The summed E-state index contributed by atoms with van der Waals surface area (Å²) in [6, 6.07) is 0. The molecular formula is C51H91O10P. The number of allylic oxidation sites excluding steroid dienone is 9. The molecule has 0 spiro atoms. The number of carbonyl (C=O) groups is 2. The van der Waals surface area contributed by atoms with Gasteiger partial charge in [0.05, 0.1) is 26.2 Å². The lowest BCUT2D eigenvalue weighted by Crippen LogP contribution is -2.29. The summed E-state index contributed by atoms with van der Waals surface area (Å²) in [7, 11) is -4.65. The van der Waals surface area contributed by atoms with Crippen LogP contribution >= 0.6 is 7.82 Å². The minimum absolute atomic E-state index is 0.0481. The molecule has 10 nitrogen and oxygen atoms in total. The van der Waals surface area contributed by atoms with Gasteiger partial charge >= 0.3 is 19.8 Å². The van der Waals surface area contributed by atoms with Crippen LogP contribution in [0, 0.1) is 0 Å². The fourth-order valence-electron chi connectivity index (χ4n) is 6.72. The highest BCUT2D eigenvalue weighted by molar-refractivity contribution is 7.47. The SMILES string of the molecule is CC/C=C\C/C=C\C/C=C\C/C=C\C/C=C\CC(=O)OC(COC(=O)CCCCCCCCCCCCCCCCCCCCCCCCCC)COP(=O)(O)OCC(O)CO. The van der Waals surface area contributed by atoms with Crippen LogP contribution in [0.15, 0.2) is 60.8 Å². The highest BCUT2D eigenvalue weighted by atomic mass is 31.2. The van der Waals surface area contributed by atoms with Gasteiger partial charge in [-0.2, -0.15) is 0 Å². The zero-order valence-electron chi connectivity index (χ0n) is 39.3. The van der Waals surface area contributed by atoms with Gasteiger partial charge in [-0.3, -0.25) is 18.6 Å². The third-order valence-electron chi connectivity index (χ3n) is 10.5. The molecule has 0 saturated heterocycles. The quantitative estimate of drug-likeness (QED) is 0.0233. The molecule has 360 valence electrons. The maximum absolute atomic E-state index is 12.6. The van der Waals surface area contributed by atoms with Gasteiger partial charge in [0.1, 0.15) is 12.7 Å². The normalized spacial score (nSPS) is 14.2. The lowest BCUT2D eigenvalue weighted by atomic mass is 10.0. The average Bonchev–Trinajstić information content (AvgIpc) is 3.26. The van der Waals surface area contributed by atoms with Crippen LogP contribution in [0.1, 0.15) is 213 Å². The minimum atomic E-state index is -4.65. The number of phosphoric ester groups is 1. The second-order valence-corrected chi connectivity index (χ2v) is 17.9. The van der Waals surface area contributed by atoms with Gasteiger partial charge in [-0.15, -0.1) is 0 Å². The van der Waals surface area contributed by atoms with Gasteiger partial charge in [-0.1, -0.05) is 222 Å². The van der Waals surface area contributed by atoms with Crippen LogP contribution in [0.2, 0.25) is 0 Å². The summed E-state index contributed by atoms with van der Waals surface area (Å²) in [4.78, 5) is 35.0. The topological polar surface area (TPSA) is 149 Å². The first kappa shape index (κ1) is 59.7. The van der Waals surface area contributed by atoms with Gasteiger partial charge < -0.3 is 24.6 Å². The van der Waals surface area contributed by atoms with E-state index in [4.69, 9.17) is 19.1 Å². The third-order valence-corrected chi connectivity index (χ3v) is 11.4. The monoisotopic (exact) mass is 895 g/mol. The fraction of sp³-hybridized carbons (Fsp3) is 0.765. The molecule has 0 saturated carbocycles.